The van der Waals surface area contributed by atoms with E-state index in [1.165, 1.54) is 18.2 Å². The first-order valence-corrected chi connectivity index (χ1v) is 14.6. The number of imide groups is 1. The number of amides is 3. The Morgan fingerprint density at radius 2 is 1.30 bits per heavy atom. The maximum absolute atomic E-state index is 14.0. The zero-order valence-corrected chi connectivity index (χ0v) is 26.4. The summed E-state index contributed by atoms with van der Waals surface area (Å²) in [6, 6.07) is 8.91. The van der Waals surface area contributed by atoms with Crippen molar-refractivity contribution < 1.29 is 19.2 Å². The minimum atomic E-state index is -2.15. The molecular formula is C26H16Cl8N2O4. The minimum Gasteiger partial charge on any atom is -0.292 e. The molecule has 210 valence electrons. The number of fused-ring (bicyclic) bond motifs is 5. The lowest BCUT2D eigenvalue weighted by Gasteiger charge is -2.36. The van der Waals surface area contributed by atoms with E-state index in [2.05, 4.69) is 0 Å². The van der Waals surface area contributed by atoms with Gasteiger partial charge in [0.05, 0.1) is 31.9 Å². The molecule has 14 heteroatoms. The molecule has 0 unspecified atom stereocenters. The number of halogens is 8. The van der Waals surface area contributed by atoms with E-state index < -0.39 is 56.0 Å². The van der Waals surface area contributed by atoms with Crippen molar-refractivity contribution in [2.45, 2.75) is 27.9 Å². The number of rotatable bonds is 5. The Morgan fingerprint density at radius 3 is 1.80 bits per heavy atom. The molecule has 2 aromatic rings. The number of allylic oxidation sites excluding steroid dienone is 2. The molecule has 0 radical (unpaired) electrons. The van der Waals surface area contributed by atoms with Gasteiger partial charge in [0.25, 0.3) is 17.7 Å². The fourth-order valence-corrected chi connectivity index (χ4v) is 8.60. The molecule has 1 saturated carbocycles. The van der Waals surface area contributed by atoms with Crippen LogP contribution in [0.5, 0.6) is 0 Å². The summed E-state index contributed by atoms with van der Waals surface area (Å²) >= 11 is 51.6. The van der Waals surface area contributed by atoms with E-state index in [1.54, 1.807) is 18.2 Å². The second kappa shape index (κ2) is 9.92. The van der Waals surface area contributed by atoms with Gasteiger partial charge in [-0.05, 0) is 49.2 Å². The highest BCUT2D eigenvalue weighted by Gasteiger charge is 2.88. The van der Waals surface area contributed by atoms with E-state index in [0.717, 1.165) is 11.1 Å². The number of Topliss-reactive ketones (excluding diaryl/α,β-unsaturated/α-hetero) is 1. The van der Waals surface area contributed by atoms with E-state index in [1.807, 2.05) is 13.8 Å². The molecule has 6 nitrogen and oxygen atoms in total. The maximum atomic E-state index is 14.0. The molecule has 5 rings (SSSR count). The van der Waals surface area contributed by atoms with E-state index in [0.29, 0.717) is 10.0 Å². The Morgan fingerprint density at radius 1 is 0.775 bits per heavy atom. The van der Waals surface area contributed by atoms with E-state index >= 15 is 0 Å². The number of ketones is 1. The third kappa shape index (κ3) is 3.84. The molecule has 2 aliphatic carbocycles. The molecule has 40 heavy (non-hydrogen) atoms. The second-order valence-corrected chi connectivity index (χ2v) is 13.9. The molecule has 2 aromatic carbocycles. The first-order valence-electron chi connectivity index (χ1n) is 11.6. The number of alkyl halides is 4. The van der Waals surface area contributed by atoms with Gasteiger partial charge >= 0.3 is 0 Å². The molecule has 0 N–H and O–H groups in total. The smallest absolute Gasteiger partial charge is 0.273 e. The zero-order valence-electron chi connectivity index (χ0n) is 20.4. The summed E-state index contributed by atoms with van der Waals surface area (Å²) in [4.78, 5) is 51.0. The highest BCUT2D eigenvalue weighted by atomic mass is 35.5. The number of nitrogens with zero attached hydrogens (tertiary/aromatic N) is 2. The molecule has 2 fully saturated rings. The molecule has 1 saturated heterocycles. The number of carbonyl (C=O) groups is 4. The third-order valence-electron chi connectivity index (χ3n) is 7.65. The Labute approximate surface area is 268 Å². The number of benzene rings is 2. The largest absolute Gasteiger partial charge is 0.292 e. The van der Waals surface area contributed by atoms with Crippen LogP contribution in [0.2, 0.25) is 10.0 Å². The van der Waals surface area contributed by atoms with Gasteiger partial charge in [0.2, 0.25) is 0 Å². The van der Waals surface area contributed by atoms with Crippen LogP contribution >= 0.6 is 92.8 Å². The lowest BCUT2D eigenvalue weighted by Crippen LogP contribution is -2.56. The lowest BCUT2D eigenvalue weighted by atomic mass is 9.84. The first-order chi connectivity index (χ1) is 18.5. The monoisotopic (exact) mass is 700 g/mol. The zero-order chi connectivity index (χ0) is 29.7. The maximum Gasteiger partial charge on any atom is 0.273 e. The number of hydrogen-bond donors (Lipinski definition) is 0. The van der Waals surface area contributed by atoms with Crippen LogP contribution in [-0.4, -0.2) is 54.1 Å². The highest BCUT2D eigenvalue weighted by Crippen LogP contribution is 2.77. The fourth-order valence-electron chi connectivity index (χ4n) is 5.37. The quantitative estimate of drug-likeness (QED) is 0.186. The Hall–Kier alpha value is -1.22. The number of hydrogen-bond acceptors (Lipinski definition) is 4. The van der Waals surface area contributed by atoms with Crippen molar-refractivity contribution >= 4 is 116 Å². The predicted octanol–water partition coefficient (Wildman–Crippen LogP) is 7.30. The van der Waals surface area contributed by atoms with E-state index in [9.17, 15) is 19.2 Å². The summed E-state index contributed by atoms with van der Waals surface area (Å²) in [6.45, 7) is 2.99. The van der Waals surface area contributed by atoms with E-state index in [4.69, 9.17) is 92.8 Å². The first kappa shape index (κ1) is 30.2. The third-order valence-corrected chi connectivity index (χ3v) is 12.6. The SMILES string of the molecule is Cc1ccc(C(=O)CN(C(=O)c2ccc(Cl)c(Cl)c2)N2C(=O)[C@@H]3[C@H](C2=O)[C@@]2(Cl)C(Cl)=C(Cl)[C@@]3(Cl)C2(Cl)Cl)cc1C. The molecule has 1 heterocycles. The van der Waals surface area contributed by atoms with Gasteiger partial charge in [0, 0.05) is 11.1 Å². The fraction of sp³-hybridized carbons (Fsp3) is 0.308. The van der Waals surface area contributed by atoms with Gasteiger partial charge in [-0.3, -0.25) is 19.2 Å². The summed E-state index contributed by atoms with van der Waals surface area (Å²) < 4.78 is -2.15. The van der Waals surface area contributed by atoms with Crippen LogP contribution < -0.4 is 0 Å². The van der Waals surface area contributed by atoms with Crippen molar-refractivity contribution in [3.8, 4) is 0 Å². The number of hydrazine groups is 1. The molecule has 3 amide bonds. The van der Waals surface area contributed by atoms with Gasteiger partial charge in [-0.1, -0.05) is 81.7 Å². The summed E-state index contributed by atoms with van der Waals surface area (Å²) in [5, 5.41) is 0.891. The minimum absolute atomic E-state index is 0.0400. The molecule has 2 bridgehead atoms. The van der Waals surface area contributed by atoms with Crippen LogP contribution in [0, 0.1) is 25.7 Å². The van der Waals surface area contributed by atoms with Crippen LogP contribution in [0.4, 0.5) is 0 Å². The van der Waals surface area contributed by atoms with Crippen molar-refractivity contribution in [3.63, 3.8) is 0 Å². The standard InChI is InChI=1S/C26H16Cl8N2O4/c1-10-3-4-12(7-11(10)2)16(37)9-35(21(38)13-5-6-14(27)15(28)8-13)36-22(39)17-18(23(36)40)25(32)20(30)19(29)24(17,31)26(25,33)34/h3-8,17-18H,9H2,1-2H3/t17-,18+,24-,25-/m1/s1. The van der Waals surface area contributed by atoms with Crippen LogP contribution in [0.3, 0.4) is 0 Å². The van der Waals surface area contributed by atoms with Gasteiger partial charge < -0.3 is 0 Å². The average molecular weight is 704 g/mol. The predicted molar refractivity (Wildman–Crippen MR) is 157 cm³/mol. The molecule has 3 aliphatic rings. The topological polar surface area (TPSA) is 74.8 Å². The lowest BCUT2D eigenvalue weighted by molar-refractivity contribution is -0.154. The van der Waals surface area contributed by atoms with Crippen molar-refractivity contribution in [2.24, 2.45) is 11.8 Å². The van der Waals surface area contributed by atoms with Crippen LogP contribution in [0.15, 0.2) is 46.5 Å². The van der Waals surface area contributed by atoms with Gasteiger partial charge in [-0.25, -0.2) is 5.01 Å². The highest BCUT2D eigenvalue weighted by molar-refractivity contribution is 6.66. The normalized spacial score (nSPS) is 28.4. The molecular weight excluding hydrogens is 688 g/mol. The second-order valence-electron chi connectivity index (χ2n) is 9.78. The van der Waals surface area contributed by atoms with Crippen LogP contribution in [-0.2, 0) is 9.59 Å². The van der Waals surface area contributed by atoms with Crippen LogP contribution in [0.25, 0.3) is 0 Å². The summed E-state index contributed by atoms with van der Waals surface area (Å²) in [5.74, 6) is -6.42. The molecule has 1 aliphatic heterocycles. The van der Waals surface area contributed by atoms with Gasteiger partial charge in [0.1, 0.15) is 16.3 Å². The Bertz CT molecular complexity index is 1530. The van der Waals surface area contributed by atoms with Crippen molar-refractivity contribution in [2.75, 3.05) is 6.54 Å². The van der Waals surface area contributed by atoms with Crippen LogP contribution in [0.1, 0.15) is 31.8 Å². The number of carbonyl (C=O) groups excluding carboxylic acids is 4. The van der Waals surface area contributed by atoms with Crippen molar-refractivity contribution in [1.29, 1.82) is 0 Å². The Kier molecular flexibility index (Phi) is 7.50. The van der Waals surface area contributed by atoms with Crippen molar-refractivity contribution in [1.82, 2.24) is 10.0 Å². The van der Waals surface area contributed by atoms with E-state index in [-0.39, 0.29) is 31.2 Å². The summed E-state index contributed by atoms with van der Waals surface area (Å²) in [6.07, 6.45) is 0. The molecule has 4 atom stereocenters. The van der Waals surface area contributed by atoms with Gasteiger partial charge in [-0.15, -0.1) is 23.2 Å². The van der Waals surface area contributed by atoms with Gasteiger partial charge in [-0.2, -0.15) is 5.01 Å². The summed E-state index contributed by atoms with van der Waals surface area (Å²) in [7, 11) is 0. The van der Waals surface area contributed by atoms with Crippen molar-refractivity contribution in [3.05, 3.63) is 78.8 Å². The average Bonchev–Trinajstić information content (AvgIpc) is 3.28. The Balaban J connectivity index is 1.61. The molecule has 0 spiro atoms. The number of aryl methyl sites for hydroxylation is 2. The molecule has 0 aromatic heterocycles. The van der Waals surface area contributed by atoms with Gasteiger partial charge in [0.15, 0.2) is 10.1 Å². The summed E-state index contributed by atoms with van der Waals surface area (Å²) in [5.41, 5.74) is 1.98.